The first-order valence-corrected chi connectivity index (χ1v) is 8.41. The van der Waals surface area contributed by atoms with Gasteiger partial charge >= 0.3 is 0 Å². The Kier molecular flexibility index (Phi) is 5.09. The summed E-state index contributed by atoms with van der Waals surface area (Å²) < 4.78 is 27.2. The number of sulfonamides is 1. The Morgan fingerprint density at radius 3 is 2.68 bits per heavy atom. The van der Waals surface area contributed by atoms with Crippen molar-refractivity contribution in [3.8, 4) is 0 Å². The highest BCUT2D eigenvalue weighted by Crippen LogP contribution is 2.25. The summed E-state index contributed by atoms with van der Waals surface area (Å²) in [4.78, 5) is 0.152. The van der Waals surface area contributed by atoms with Crippen LogP contribution in [0.3, 0.4) is 0 Å². The fourth-order valence-electron chi connectivity index (χ4n) is 2.07. The van der Waals surface area contributed by atoms with Crippen LogP contribution in [0.4, 0.5) is 0 Å². The van der Waals surface area contributed by atoms with E-state index in [1.165, 1.54) is 18.2 Å². The van der Waals surface area contributed by atoms with E-state index in [0.29, 0.717) is 5.02 Å². The summed E-state index contributed by atoms with van der Waals surface area (Å²) in [6.07, 6.45) is 2.60. The van der Waals surface area contributed by atoms with Gasteiger partial charge in [-0.05, 0) is 50.6 Å². The Labute approximate surface area is 123 Å². The number of rotatable bonds is 3. The fourth-order valence-corrected chi connectivity index (χ4v) is 3.76. The van der Waals surface area contributed by atoms with Crippen molar-refractivity contribution < 1.29 is 8.42 Å². The first-order valence-electron chi connectivity index (χ1n) is 6.17. The highest BCUT2D eigenvalue weighted by molar-refractivity contribution is 7.89. The van der Waals surface area contributed by atoms with Gasteiger partial charge in [-0.1, -0.05) is 23.2 Å². The molecule has 1 fully saturated rings. The number of hydrogen-bond acceptors (Lipinski definition) is 3. The lowest BCUT2D eigenvalue weighted by Crippen LogP contribution is -2.35. The Hall–Kier alpha value is -0.330. The van der Waals surface area contributed by atoms with E-state index in [-0.39, 0.29) is 16.0 Å². The second-order valence-corrected chi connectivity index (χ2v) is 7.10. The molecular formula is C12H16Cl2N2O2S. The van der Waals surface area contributed by atoms with E-state index in [0.717, 1.165) is 32.4 Å². The molecule has 0 aliphatic carbocycles. The van der Waals surface area contributed by atoms with Gasteiger partial charge in [0.25, 0.3) is 0 Å². The molecule has 0 amide bonds. The van der Waals surface area contributed by atoms with Crippen molar-refractivity contribution in [1.29, 1.82) is 0 Å². The summed E-state index contributed by atoms with van der Waals surface area (Å²) >= 11 is 11.6. The van der Waals surface area contributed by atoms with Crippen LogP contribution in [0.15, 0.2) is 23.1 Å². The van der Waals surface area contributed by atoms with Crippen LogP contribution in [0.1, 0.15) is 19.3 Å². The Morgan fingerprint density at radius 1 is 1.16 bits per heavy atom. The van der Waals surface area contributed by atoms with Gasteiger partial charge < -0.3 is 5.32 Å². The fraction of sp³-hybridized carbons (Fsp3) is 0.500. The van der Waals surface area contributed by atoms with Crippen molar-refractivity contribution in [3.05, 3.63) is 28.2 Å². The van der Waals surface area contributed by atoms with Crippen molar-refractivity contribution in [2.45, 2.75) is 30.2 Å². The first-order chi connectivity index (χ1) is 8.99. The summed E-state index contributed by atoms with van der Waals surface area (Å²) in [5.41, 5.74) is 0. The highest BCUT2D eigenvalue weighted by atomic mass is 35.5. The monoisotopic (exact) mass is 322 g/mol. The van der Waals surface area contributed by atoms with E-state index in [1.54, 1.807) is 0 Å². The normalized spacial score (nSPS) is 21.1. The van der Waals surface area contributed by atoms with Gasteiger partial charge in [-0.25, -0.2) is 13.1 Å². The molecule has 1 atom stereocenters. The third-order valence-corrected chi connectivity index (χ3v) is 5.36. The molecule has 0 spiro atoms. The zero-order valence-corrected chi connectivity index (χ0v) is 12.7. The van der Waals surface area contributed by atoms with Crippen LogP contribution < -0.4 is 10.0 Å². The summed E-state index contributed by atoms with van der Waals surface area (Å²) in [6.45, 7) is 1.76. The van der Waals surface area contributed by atoms with Crippen LogP contribution in [0.2, 0.25) is 10.0 Å². The maximum Gasteiger partial charge on any atom is 0.240 e. The molecule has 1 aromatic carbocycles. The van der Waals surface area contributed by atoms with Crippen molar-refractivity contribution in [2.24, 2.45) is 0 Å². The van der Waals surface area contributed by atoms with E-state index < -0.39 is 10.0 Å². The summed E-state index contributed by atoms with van der Waals surface area (Å²) in [6, 6.07) is 4.30. The molecule has 1 unspecified atom stereocenters. The van der Waals surface area contributed by atoms with Crippen LogP contribution in [0, 0.1) is 0 Å². The van der Waals surface area contributed by atoms with Gasteiger partial charge in [-0.2, -0.15) is 0 Å². The van der Waals surface area contributed by atoms with Gasteiger partial charge in [0.15, 0.2) is 0 Å². The number of hydrogen-bond donors (Lipinski definition) is 2. The Morgan fingerprint density at radius 2 is 1.95 bits per heavy atom. The molecule has 4 nitrogen and oxygen atoms in total. The SMILES string of the molecule is O=S(=O)(NC1CCCNCC1)c1ccc(Cl)c(Cl)c1. The predicted octanol–water partition coefficient (Wildman–Crippen LogP) is 2.41. The van der Waals surface area contributed by atoms with Gasteiger partial charge in [-0.3, -0.25) is 0 Å². The maximum atomic E-state index is 12.2. The lowest BCUT2D eigenvalue weighted by molar-refractivity contribution is 0.518. The minimum atomic E-state index is -3.54. The smallest absolute Gasteiger partial charge is 0.240 e. The number of benzene rings is 1. The summed E-state index contributed by atoms with van der Waals surface area (Å²) in [5, 5.41) is 3.84. The molecule has 106 valence electrons. The Balaban J connectivity index is 2.14. The molecule has 1 aromatic rings. The molecule has 1 aliphatic heterocycles. The molecule has 1 saturated heterocycles. The molecule has 19 heavy (non-hydrogen) atoms. The summed E-state index contributed by atoms with van der Waals surface area (Å²) in [7, 11) is -3.54. The zero-order valence-electron chi connectivity index (χ0n) is 10.3. The standard InChI is InChI=1S/C12H16Cl2N2O2S/c13-11-4-3-10(8-12(11)14)19(17,18)16-9-2-1-6-15-7-5-9/h3-4,8-9,15-16H,1-2,5-7H2. The molecule has 7 heteroatoms. The molecule has 2 N–H and O–H groups in total. The van der Waals surface area contributed by atoms with Crippen molar-refractivity contribution in [1.82, 2.24) is 10.0 Å². The van der Waals surface area contributed by atoms with Gasteiger partial charge in [0.05, 0.1) is 14.9 Å². The molecule has 0 saturated carbocycles. The van der Waals surface area contributed by atoms with Crippen LogP contribution in [-0.4, -0.2) is 27.5 Å². The molecule has 1 heterocycles. The molecule has 0 radical (unpaired) electrons. The van der Waals surface area contributed by atoms with Crippen molar-refractivity contribution >= 4 is 33.2 Å². The molecule has 0 bridgehead atoms. The third kappa shape index (κ3) is 4.07. The minimum absolute atomic E-state index is 0.0329. The van der Waals surface area contributed by atoms with E-state index in [4.69, 9.17) is 23.2 Å². The Bertz CT molecular complexity index is 541. The van der Waals surface area contributed by atoms with Crippen LogP contribution in [0.5, 0.6) is 0 Å². The minimum Gasteiger partial charge on any atom is -0.317 e. The van der Waals surface area contributed by atoms with Crippen LogP contribution in [0.25, 0.3) is 0 Å². The largest absolute Gasteiger partial charge is 0.317 e. The van der Waals surface area contributed by atoms with Gasteiger partial charge in [0, 0.05) is 6.04 Å². The van der Waals surface area contributed by atoms with E-state index in [9.17, 15) is 8.42 Å². The van der Waals surface area contributed by atoms with Gasteiger partial charge in [-0.15, -0.1) is 0 Å². The van der Waals surface area contributed by atoms with Crippen LogP contribution in [-0.2, 0) is 10.0 Å². The average molecular weight is 323 g/mol. The second kappa shape index (κ2) is 6.41. The predicted molar refractivity (Wildman–Crippen MR) is 77.3 cm³/mol. The van der Waals surface area contributed by atoms with E-state index >= 15 is 0 Å². The maximum absolute atomic E-state index is 12.2. The first kappa shape index (κ1) is 15.1. The van der Waals surface area contributed by atoms with Gasteiger partial charge in [0.1, 0.15) is 0 Å². The quantitative estimate of drug-likeness (QED) is 0.898. The summed E-state index contributed by atoms with van der Waals surface area (Å²) in [5.74, 6) is 0. The number of halogens is 2. The van der Waals surface area contributed by atoms with Crippen molar-refractivity contribution in [3.63, 3.8) is 0 Å². The average Bonchev–Trinajstić information content (AvgIpc) is 2.60. The van der Waals surface area contributed by atoms with Crippen molar-refractivity contribution in [2.75, 3.05) is 13.1 Å². The van der Waals surface area contributed by atoms with Gasteiger partial charge in [0.2, 0.25) is 10.0 Å². The lowest BCUT2D eigenvalue weighted by atomic mass is 10.1. The topological polar surface area (TPSA) is 58.2 Å². The lowest BCUT2D eigenvalue weighted by Gasteiger charge is -2.16. The second-order valence-electron chi connectivity index (χ2n) is 4.58. The van der Waals surface area contributed by atoms with E-state index in [2.05, 4.69) is 10.0 Å². The molecule has 0 aromatic heterocycles. The zero-order chi connectivity index (χ0) is 13.9. The third-order valence-electron chi connectivity index (χ3n) is 3.10. The number of nitrogens with one attached hydrogen (secondary N) is 2. The van der Waals surface area contributed by atoms with Crippen LogP contribution >= 0.6 is 23.2 Å². The molecule has 2 rings (SSSR count). The molecule has 1 aliphatic rings. The van der Waals surface area contributed by atoms with E-state index in [1.807, 2.05) is 0 Å². The molecular weight excluding hydrogens is 307 g/mol. The highest BCUT2D eigenvalue weighted by Gasteiger charge is 2.21.